The average molecular weight is 473 g/mol. The lowest BCUT2D eigenvalue weighted by Gasteiger charge is -2.37. The molecule has 1 aliphatic carbocycles. The number of benzene rings is 1. The number of oxazole rings is 1. The molecule has 0 atom stereocenters. The van der Waals surface area contributed by atoms with Crippen LogP contribution in [0, 0.1) is 0 Å². The monoisotopic (exact) mass is 472 g/mol. The zero-order chi connectivity index (χ0) is 23.9. The van der Waals surface area contributed by atoms with Gasteiger partial charge in [0.1, 0.15) is 5.52 Å². The summed E-state index contributed by atoms with van der Waals surface area (Å²) in [6, 6.07) is 7.06. The molecule has 1 saturated carbocycles. The summed E-state index contributed by atoms with van der Waals surface area (Å²) < 4.78 is 7.78. The third-order valence-electron chi connectivity index (χ3n) is 7.04. The minimum Gasteiger partial charge on any atom is -0.423 e. The van der Waals surface area contributed by atoms with Gasteiger partial charge in [0.05, 0.1) is 23.8 Å². The number of anilines is 3. The van der Waals surface area contributed by atoms with E-state index in [0.717, 1.165) is 16.8 Å². The number of carbonyl (C=O) groups is 1. The van der Waals surface area contributed by atoms with E-state index in [0.29, 0.717) is 36.5 Å². The molecular weight excluding hydrogens is 444 g/mol. The molecule has 1 aliphatic heterocycles. The van der Waals surface area contributed by atoms with Crippen molar-refractivity contribution in [3.05, 3.63) is 53.7 Å². The SMILES string of the molecule is Cn1cc(Nc2ncc(C3CN(c4nc5ccc(C6CCCCC6)cc5o4)C3)nc2C(N)=O)cn1. The van der Waals surface area contributed by atoms with Gasteiger partial charge in [-0.3, -0.25) is 9.48 Å². The van der Waals surface area contributed by atoms with Crippen LogP contribution in [0.5, 0.6) is 0 Å². The van der Waals surface area contributed by atoms with Gasteiger partial charge < -0.3 is 20.4 Å². The Morgan fingerprint density at radius 3 is 2.69 bits per heavy atom. The van der Waals surface area contributed by atoms with Gasteiger partial charge >= 0.3 is 0 Å². The number of fused-ring (bicyclic) bond motifs is 1. The molecule has 1 amide bonds. The summed E-state index contributed by atoms with van der Waals surface area (Å²) in [5, 5.41) is 7.17. The lowest BCUT2D eigenvalue weighted by atomic mass is 9.84. The number of carbonyl (C=O) groups excluding carboxylic acids is 1. The first-order valence-corrected chi connectivity index (χ1v) is 12.1. The summed E-state index contributed by atoms with van der Waals surface area (Å²) in [5.74, 6) is 0.428. The molecule has 0 spiro atoms. The van der Waals surface area contributed by atoms with E-state index in [-0.39, 0.29) is 11.6 Å². The maximum absolute atomic E-state index is 12.0. The van der Waals surface area contributed by atoms with Crippen molar-refractivity contribution in [2.24, 2.45) is 12.8 Å². The fourth-order valence-electron chi connectivity index (χ4n) is 5.06. The Labute approximate surface area is 202 Å². The van der Waals surface area contributed by atoms with Crippen LogP contribution in [0.1, 0.15) is 65.7 Å². The second kappa shape index (κ2) is 8.68. The van der Waals surface area contributed by atoms with Crippen molar-refractivity contribution in [1.82, 2.24) is 24.7 Å². The van der Waals surface area contributed by atoms with Crippen LogP contribution in [-0.2, 0) is 7.05 Å². The number of nitrogens with two attached hydrogens (primary N) is 1. The minimum absolute atomic E-state index is 0.112. The number of hydrogen-bond acceptors (Lipinski definition) is 8. The first-order chi connectivity index (χ1) is 17.0. The first-order valence-electron chi connectivity index (χ1n) is 12.1. The maximum atomic E-state index is 12.0. The summed E-state index contributed by atoms with van der Waals surface area (Å²) in [4.78, 5) is 27.8. The molecule has 0 radical (unpaired) electrons. The van der Waals surface area contributed by atoms with Gasteiger partial charge in [-0.2, -0.15) is 10.1 Å². The van der Waals surface area contributed by atoms with Crippen molar-refractivity contribution in [2.45, 2.75) is 43.9 Å². The van der Waals surface area contributed by atoms with E-state index in [1.807, 2.05) is 7.05 Å². The Kier molecular flexibility index (Phi) is 5.35. The Balaban J connectivity index is 1.16. The van der Waals surface area contributed by atoms with E-state index in [1.54, 1.807) is 23.3 Å². The van der Waals surface area contributed by atoms with Gasteiger partial charge in [0.25, 0.3) is 11.9 Å². The van der Waals surface area contributed by atoms with Gasteiger partial charge in [-0.05, 0) is 36.5 Å². The highest BCUT2D eigenvalue weighted by molar-refractivity contribution is 5.96. The molecule has 10 nitrogen and oxygen atoms in total. The van der Waals surface area contributed by atoms with Crippen molar-refractivity contribution in [3.8, 4) is 0 Å². The summed E-state index contributed by atoms with van der Waals surface area (Å²) in [6.07, 6.45) is 11.6. The van der Waals surface area contributed by atoms with E-state index in [4.69, 9.17) is 10.2 Å². The predicted octanol–water partition coefficient (Wildman–Crippen LogP) is 3.85. The highest BCUT2D eigenvalue weighted by Gasteiger charge is 2.33. The second-order valence-corrected chi connectivity index (χ2v) is 9.54. The number of hydrogen-bond donors (Lipinski definition) is 2. The Morgan fingerprint density at radius 1 is 1.11 bits per heavy atom. The molecule has 4 aromatic rings. The molecule has 1 saturated heterocycles. The number of primary amides is 1. The Hall–Kier alpha value is -3.95. The molecule has 10 heteroatoms. The molecular formula is C25H28N8O2. The molecule has 180 valence electrons. The molecule has 1 aromatic carbocycles. The molecule has 2 fully saturated rings. The van der Waals surface area contributed by atoms with Crippen LogP contribution in [-0.4, -0.2) is 43.7 Å². The van der Waals surface area contributed by atoms with Crippen LogP contribution in [0.3, 0.4) is 0 Å². The number of aryl methyl sites for hydroxylation is 1. The number of amides is 1. The molecule has 0 unspecified atom stereocenters. The molecule has 4 heterocycles. The summed E-state index contributed by atoms with van der Waals surface area (Å²) in [7, 11) is 1.81. The van der Waals surface area contributed by atoms with Crippen LogP contribution >= 0.6 is 0 Å². The first kappa shape index (κ1) is 21.6. The standard InChI is InChI=1S/C25H28N8O2/c1-32-14-18(10-28-32)29-24-22(23(26)34)30-20(11-27-24)17-12-33(13-17)25-31-19-8-7-16(9-21(19)35-25)15-5-3-2-4-6-15/h7-11,14-15,17H,2-6,12-13H2,1H3,(H2,26,34)(H,27,29). The highest BCUT2D eigenvalue weighted by atomic mass is 16.4. The topological polar surface area (TPSA) is 128 Å². The van der Waals surface area contributed by atoms with Crippen LogP contribution in [0.15, 0.2) is 41.2 Å². The average Bonchev–Trinajstić information content (AvgIpc) is 3.44. The Morgan fingerprint density at radius 2 is 1.94 bits per heavy atom. The van der Waals surface area contributed by atoms with Crippen molar-refractivity contribution in [3.63, 3.8) is 0 Å². The zero-order valence-electron chi connectivity index (χ0n) is 19.6. The van der Waals surface area contributed by atoms with Crippen LogP contribution in [0.4, 0.5) is 17.5 Å². The van der Waals surface area contributed by atoms with Gasteiger partial charge in [-0.1, -0.05) is 25.3 Å². The fraction of sp³-hybridized carbons (Fsp3) is 0.400. The van der Waals surface area contributed by atoms with E-state index >= 15 is 0 Å². The smallest absolute Gasteiger partial charge is 0.298 e. The van der Waals surface area contributed by atoms with E-state index < -0.39 is 5.91 Å². The number of nitrogens with one attached hydrogen (secondary N) is 1. The van der Waals surface area contributed by atoms with Crippen LogP contribution < -0.4 is 16.0 Å². The van der Waals surface area contributed by atoms with E-state index in [1.165, 1.54) is 37.7 Å². The van der Waals surface area contributed by atoms with Gasteiger partial charge in [0, 0.05) is 32.3 Å². The lowest BCUT2D eigenvalue weighted by Crippen LogP contribution is -2.45. The lowest BCUT2D eigenvalue weighted by molar-refractivity contribution is 0.0995. The largest absolute Gasteiger partial charge is 0.423 e. The van der Waals surface area contributed by atoms with Crippen LogP contribution in [0.2, 0.25) is 0 Å². The molecule has 3 aromatic heterocycles. The highest BCUT2D eigenvalue weighted by Crippen LogP contribution is 2.36. The van der Waals surface area contributed by atoms with Crippen molar-refractivity contribution in [2.75, 3.05) is 23.3 Å². The summed E-state index contributed by atoms with van der Waals surface area (Å²) >= 11 is 0. The molecule has 35 heavy (non-hydrogen) atoms. The second-order valence-electron chi connectivity index (χ2n) is 9.54. The number of nitrogens with zero attached hydrogens (tertiary/aromatic N) is 6. The number of rotatable bonds is 6. The molecule has 3 N–H and O–H groups in total. The third kappa shape index (κ3) is 4.20. The van der Waals surface area contributed by atoms with Crippen molar-refractivity contribution >= 4 is 34.5 Å². The Bertz CT molecular complexity index is 1380. The van der Waals surface area contributed by atoms with Gasteiger partial charge in [0.2, 0.25) is 0 Å². The van der Waals surface area contributed by atoms with Crippen molar-refractivity contribution < 1.29 is 9.21 Å². The van der Waals surface area contributed by atoms with Crippen molar-refractivity contribution in [1.29, 1.82) is 0 Å². The normalized spacial score (nSPS) is 17.0. The third-order valence-corrected chi connectivity index (χ3v) is 7.04. The van der Waals surface area contributed by atoms with E-state index in [9.17, 15) is 4.79 Å². The molecule has 6 rings (SSSR count). The van der Waals surface area contributed by atoms with Crippen LogP contribution in [0.25, 0.3) is 11.1 Å². The van der Waals surface area contributed by atoms with E-state index in [2.05, 4.69) is 48.5 Å². The quantitative estimate of drug-likeness (QED) is 0.433. The number of aromatic nitrogens is 5. The summed E-state index contributed by atoms with van der Waals surface area (Å²) in [5.41, 5.74) is 10.2. The summed E-state index contributed by atoms with van der Waals surface area (Å²) in [6.45, 7) is 1.37. The van der Waals surface area contributed by atoms with Gasteiger partial charge in [-0.25, -0.2) is 9.97 Å². The molecule has 0 bridgehead atoms. The van der Waals surface area contributed by atoms with Gasteiger partial charge in [0.15, 0.2) is 17.1 Å². The minimum atomic E-state index is -0.630. The zero-order valence-corrected chi connectivity index (χ0v) is 19.6. The molecule has 2 aliphatic rings. The van der Waals surface area contributed by atoms with Gasteiger partial charge in [-0.15, -0.1) is 0 Å². The maximum Gasteiger partial charge on any atom is 0.298 e. The predicted molar refractivity (Wildman–Crippen MR) is 132 cm³/mol. The fourth-order valence-corrected chi connectivity index (χ4v) is 5.06.